The second-order valence-electron chi connectivity index (χ2n) is 6.74. The summed E-state index contributed by atoms with van der Waals surface area (Å²) in [6.07, 6.45) is 1.39. The number of halogens is 2. The Morgan fingerprint density at radius 2 is 1.75 bits per heavy atom. The minimum atomic E-state index is -4.11. The molecule has 0 aliphatic carbocycles. The largest absolute Gasteiger partial charge is 0.468 e. The number of furan rings is 1. The molecule has 2 amide bonds. The van der Waals surface area contributed by atoms with E-state index >= 15 is 0 Å². The Labute approximate surface area is 189 Å². The smallest absolute Gasteiger partial charge is 0.243 e. The highest BCUT2D eigenvalue weighted by Gasteiger charge is 2.28. The first-order valence-corrected chi connectivity index (χ1v) is 11.1. The summed E-state index contributed by atoms with van der Waals surface area (Å²) in [6, 6.07) is 12.3. The number of rotatable bonds is 8. The van der Waals surface area contributed by atoms with Crippen LogP contribution in [-0.4, -0.2) is 31.1 Å². The van der Waals surface area contributed by atoms with E-state index in [2.05, 4.69) is 10.6 Å². The summed E-state index contributed by atoms with van der Waals surface area (Å²) in [5, 5.41) is 4.87. The van der Waals surface area contributed by atoms with Gasteiger partial charge in [0, 0.05) is 18.3 Å². The van der Waals surface area contributed by atoms with E-state index in [0.717, 1.165) is 10.4 Å². The zero-order valence-electron chi connectivity index (χ0n) is 16.8. The van der Waals surface area contributed by atoms with Gasteiger partial charge in [-0.05, 0) is 54.6 Å². The molecular formula is C21H19ClFN3O5S. The first kappa shape index (κ1) is 23.5. The predicted octanol–water partition coefficient (Wildman–Crippen LogP) is 3.86. The molecule has 0 saturated carbocycles. The van der Waals surface area contributed by atoms with Crippen LogP contribution in [0.4, 0.5) is 15.8 Å². The summed E-state index contributed by atoms with van der Waals surface area (Å²) < 4.78 is 46.0. The van der Waals surface area contributed by atoms with Crippen molar-refractivity contribution in [2.24, 2.45) is 0 Å². The van der Waals surface area contributed by atoms with E-state index in [9.17, 15) is 22.4 Å². The second kappa shape index (κ2) is 9.94. The van der Waals surface area contributed by atoms with E-state index in [4.69, 9.17) is 16.0 Å². The molecule has 3 rings (SSSR count). The third kappa shape index (κ3) is 5.94. The van der Waals surface area contributed by atoms with Crippen molar-refractivity contribution >= 4 is 44.8 Å². The maximum absolute atomic E-state index is 13.3. The van der Waals surface area contributed by atoms with Crippen LogP contribution in [0.5, 0.6) is 0 Å². The molecule has 2 N–H and O–H groups in total. The molecule has 0 fully saturated rings. The zero-order chi connectivity index (χ0) is 23.3. The van der Waals surface area contributed by atoms with Crippen LogP contribution in [0.2, 0.25) is 5.02 Å². The van der Waals surface area contributed by atoms with Crippen molar-refractivity contribution in [3.05, 3.63) is 77.5 Å². The van der Waals surface area contributed by atoms with Gasteiger partial charge in [0.1, 0.15) is 11.6 Å². The van der Waals surface area contributed by atoms with Crippen molar-refractivity contribution in [3.63, 3.8) is 0 Å². The molecule has 0 aliphatic heterocycles. The number of sulfonamides is 1. The maximum Gasteiger partial charge on any atom is 0.243 e. The third-order valence-corrected chi connectivity index (χ3v) is 6.34. The lowest BCUT2D eigenvalue weighted by Gasteiger charge is -2.21. The number of amides is 2. The fourth-order valence-electron chi connectivity index (χ4n) is 2.80. The molecule has 1 heterocycles. The molecule has 3 aromatic rings. The van der Waals surface area contributed by atoms with Crippen LogP contribution in [0.1, 0.15) is 12.7 Å². The van der Waals surface area contributed by atoms with Gasteiger partial charge in [0.05, 0.1) is 29.3 Å². The number of nitrogens with zero attached hydrogens (tertiary/aromatic N) is 1. The van der Waals surface area contributed by atoms with Crippen LogP contribution in [0.3, 0.4) is 0 Å². The van der Waals surface area contributed by atoms with E-state index in [0.29, 0.717) is 11.4 Å². The van der Waals surface area contributed by atoms with E-state index in [1.54, 1.807) is 12.1 Å². The molecule has 8 nitrogen and oxygen atoms in total. The predicted molar refractivity (Wildman–Crippen MR) is 117 cm³/mol. The summed E-state index contributed by atoms with van der Waals surface area (Å²) in [4.78, 5) is 23.7. The Morgan fingerprint density at radius 3 is 2.34 bits per heavy atom. The number of hydrogen-bond acceptors (Lipinski definition) is 5. The molecule has 0 aliphatic rings. The van der Waals surface area contributed by atoms with Crippen molar-refractivity contribution in [3.8, 4) is 0 Å². The highest BCUT2D eigenvalue weighted by Crippen LogP contribution is 2.22. The molecule has 168 valence electrons. The summed E-state index contributed by atoms with van der Waals surface area (Å²) in [6.45, 7) is 0.606. The Bertz CT molecular complexity index is 1210. The first-order valence-electron chi connectivity index (χ1n) is 9.30. The lowest BCUT2D eigenvalue weighted by molar-refractivity contribution is -0.116. The van der Waals surface area contributed by atoms with E-state index in [1.165, 1.54) is 49.6 Å². The van der Waals surface area contributed by atoms with Gasteiger partial charge >= 0.3 is 0 Å². The summed E-state index contributed by atoms with van der Waals surface area (Å²) >= 11 is 5.72. The molecule has 2 aromatic carbocycles. The number of nitrogens with one attached hydrogen (secondary N) is 2. The number of anilines is 2. The van der Waals surface area contributed by atoms with E-state index in [1.807, 2.05) is 0 Å². The van der Waals surface area contributed by atoms with Crippen molar-refractivity contribution in [1.29, 1.82) is 0 Å². The number of carbonyl (C=O) groups excluding carboxylic acids is 2. The molecular weight excluding hydrogens is 461 g/mol. The zero-order valence-corrected chi connectivity index (χ0v) is 18.4. The van der Waals surface area contributed by atoms with Gasteiger partial charge in [0.15, 0.2) is 0 Å². The average molecular weight is 480 g/mol. The topological polar surface area (TPSA) is 109 Å². The minimum absolute atomic E-state index is 0.0733. The Morgan fingerprint density at radius 1 is 1.06 bits per heavy atom. The lowest BCUT2D eigenvalue weighted by Crippen LogP contribution is -2.37. The monoisotopic (exact) mass is 479 g/mol. The Kier molecular flexibility index (Phi) is 7.29. The molecule has 0 saturated heterocycles. The van der Waals surface area contributed by atoms with Gasteiger partial charge in [-0.3, -0.25) is 9.59 Å². The summed E-state index contributed by atoms with van der Waals surface area (Å²) in [5.74, 6) is -1.26. The van der Waals surface area contributed by atoms with Gasteiger partial charge in [-0.25, -0.2) is 12.8 Å². The summed E-state index contributed by atoms with van der Waals surface area (Å²) in [7, 11) is -4.11. The van der Waals surface area contributed by atoms with Gasteiger partial charge in [-0.15, -0.1) is 0 Å². The van der Waals surface area contributed by atoms with Crippen molar-refractivity contribution in [2.45, 2.75) is 18.4 Å². The number of carbonyl (C=O) groups is 2. The number of hydrogen-bond donors (Lipinski definition) is 2. The van der Waals surface area contributed by atoms with Crippen LogP contribution in [-0.2, 0) is 26.2 Å². The number of benzene rings is 2. The lowest BCUT2D eigenvalue weighted by atomic mass is 10.3. The normalized spacial score (nSPS) is 11.4. The van der Waals surface area contributed by atoms with Gasteiger partial charge in [0.25, 0.3) is 0 Å². The highest BCUT2D eigenvalue weighted by molar-refractivity contribution is 7.89. The SMILES string of the molecule is CC(=O)Nc1ccc(S(=O)(=O)N(CC(=O)Nc2ccc(F)c(Cl)c2)Cc2ccco2)cc1. The molecule has 11 heteroatoms. The standard InChI is InChI=1S/C21H19ClFN3O5S/c1-14(27)24-15-4-7-18(8-5-15)32(29,30)26(12-17-3-2-10-31-17)13-21(28)25-16-6-9-20(23)19(22)11-16/h2-11H,12-13H2,1H3,(H,24,27)(H,25,28). The van der Waals surface area contributed by atoms with Crippen LogP contribution in [0.15, 0.2) is 70.2 Å². The van der Waals surface area contributed by atoms with E-state index in [-0.39, 0.29) is 28.1 Å². The minimum Gasteiger partial charge on any atom is -0.468 e. The fraction of sp³-hybridized carbons (Fsp3) is 0.143. The van der Waals surface area contributed by atoms with Gasteiger partial charge in [0.2, 0.25) is 21.8 Å². The van der Waals surface area contributed by atoms with Crippen molar-refractivity contribution in [2.75, 3.05) is 17.2 Å². The Balaban J connectivity index is 1.83. The first-order chi connectivity index (χ1) is 15.1. The maximum atomic E-state index is 13.3. The van der Waals surface area contributed by atoms with Gasteiger partial charge in [-0.2, -0.15) is 4.31 Å². The van der Waals surface area contributed by atoms with E-state index < -0.39 is 28.3 Å². The van der Waals surface area contributed by atoms with Gasteiger partial charge in [-0.1, -0.05) is 11.6 Å². The molecule has 32 heavy (non-hydrogen) atoms. The molecule has 0 atom stereocenters. The van der Waals surface area contributed by atoms with Crippen molar-refractivity contribution < 1.29 is 26.8 Å². The van der Waals surface area contributed by atoms with Crippen molar-refractivity contribution in [1.82, 2.24) is 4.31 Å². The molecule has 0 unspecified atom stereocenters. The quantitative estimate of drug-likeness (QED) is 0.510. The molecule has 0 bridgehead atoms. The highest BCUT2D eigenvalue weighted by atomic mass is 35.5. The summed E-state index contributed by atoms with van der Waals surface area (Å²) in [5.41, 5.74) is 0.649. The Hall–Kier alpha value is -3.21. The van der Waals surface area contributed by atoms with Crippen LogP contribution < -0.4 is 10.6 Å². The molecule has 0 spiro atoms. The van der Waals surface area contributed by atoms with Crippen LogP contribution >= 0.6 is 11.6 Å². The van der Waals surface area contributed by atoms with Crippen LogP contribution in [0.25, 0.3) is 0 Å². The fourth-order valence-corrected chi connectivity index (χ4v) is 4.34. The molecule has 1 aromatic heterocycles. The van der Waals surface area contributed by atoms with Crippen LogP contribution in [0, 0.1) is 5.82 Å². The van der Waals surface area contributed by atoms with Gasteiger partial charge < -0.3 is 15.1 Å². The third-order valence-electron chi connectivity index (χ3n) is 4.25. The average Bonchev–Trinajstić information content (AvgIpc) is 3.23. The molecule has 0 radical (unpaired) electrons. The second-order valence-corrected chi connectivity index (χ2v) is 9.08.